The molecular weight excluding hydrogens is 466 g/mol. The second-order valence-electron chi connectivity index (χ2n) is 10.0. The number of carbonyl (C=O) groups is 1. The number of nitrogens with zero attached hydrogens (tertiary/aromatic N) is 1. The maximum Gasteiger partial charge on any atom is 0.347 e. The largest absolute Gasteiger partial charge is 0.508 e. The lowest BCUT2D eigenvalue weighted by Crippen LogP contribution is -2.27. The molecule has 3 aromatic carbocycles. The molecule has 0 amide bonds. The summed E-state index contributed by atoms with van der Waals surface area (Å²) < 4.78 is 19.8. The third-order valence-corrected chi connectivity index (χ3v) is 6.28. The quantitative estimate of drug-likeness (QED) is 0.248. The minimum absolute atomic E-state index is 0.190. The predicted molar refractivity (Wildman–Crippen MR) is 146 cm³/mol. The fraction of sp³-hybridized carbons (Fsp3) is 0.323. The van der Waals surface area contributed by atoms with E-state index in [0.29, 0.717) is 18.9 Å². The van der Waals surface area contributed by atoms with Gasteiger partial charge < -0.3 is 23.9 Å². The Kier molecular flexibility index (Phi) is 7.77. The van der Waals surface area contributed by atoms with Gasteiger partial charge in [0.25, 0.3) is 0 Å². The molecule has 6 nitrogen and oxygen atoms in total. The van der Waals surface area contributed by atoms with E-state index in [-0.39, 0.29) is 17.6 Å². The van der Waals surface area contributed by atoms with Crippen LogP contribution in [-0.4, -0.2) is 28.4 Å². The molecule has 0 spiro atoms. The summed E-state index contributed by atoms with van der Waals surface area (Å²) in [5.41, 5.74) is 4.90. The zero-order chi connectivity index (χ0) is 26.7. The van der Waals surface area contributed by atoms with Crippen LogP contribution < -0.4 is 9.47 Å². The number of esters is 1. The number of aromatic nitrogens is 1. The van der Waals surface area contributed by atoms with Crippen molar-refractivity contribution in [2.24, 2.45) is 5.92 Å². The summed E-state index contributed by atoms with van der Waals surface area (Å²) in [6.07, 6.45) is -0.715. The van der Waals surface area contributed by atoms with E-state index in [2.05, 4.69) is 4.57 Å². The Balaban J connectivity index is 1.63. The number of hydrogen-bond acceptors (Lipinski definition) is 5. The zero-order valence-corrected chi connectivity index (χ0v) is 22.4. The highest BCUT2D eigenvalue weighted by molar-refractivity contribution is 5.90. The van der Waals surface area contributed by atoms with E-state index >= 15 is 0 Å². The lowest BCUT2D eigenvalue weighted by atomic mass is 10.1. The van der Waals surface area contributed by atoms with Gasteiger partial charge in [-0.05, 0) is 75.1 Å². The summed E-state index contributed by atoms with van der Waals surface area (Å²) in [7, 11) is 0. The molecule has 0 bridgehead atoms. The maximum atomic E-state index is 12.3. The number of fused-ring (bicyclic) bond motifs is 1. The summed E-state index contributed by atoms with van der Waals surface area (Å²) in [4.78, 5) is 12.3. The molecule has 1 N–H and O–H groups in total. The van der Waals surface area contributed by atoms with E-state index in [9.17, 15) is 9.90 Å². The van der Waals surface area contributed by atoms with Crippen molar-refractivity contribution in [2.75, 3.05) is 6.61 Å². The molecule has 0 saturated heterocycles. The first-order valence-electron chi connectivity index (χ1n) is 12.6. The lowest BCUT2D eigenvalue weighted by molar-refractivity contribution is -0.152. The first kappa shape index (κ1) is 26.1. The smallest absolute Gasteiger partial charge is 0.347 e. The molecule has 0 unspecified atom stereocenters. The van der Waals surface area contributed by atoms with E-state index in [1.165, 1.54) is 0 Å². The van der Waals surface area contributed by atoms with E-state index in [1.807, 2.05) is 83.1 Å². The van der Waals surface area contributed by atoms with Crippen molar-refractivity contribution < 1.29 is 24.1 Å². The van der Waals surface area contributed by atoms with Crippen molar-refractivity contribution in [3.8, 4) is 23.0 Å². The van der Waals surface area contributed by atoms with E-state index in [4.69, 9.17) is 14.2 Å². The van der Waals surface area contributed by atoms with Crippen LogP contribution in [0.25, 0.3) is 10.9 Å². The van der Waals surface area contributed by atoms with Crippen LogP contribution in [0, 0.1) is 26.7 Å². The van der Waals surface area contributed by atoms with Crippen LogP contribution in [0.4, 0.5) is 0 Å². The van der Waals surface area contributed by atoms with Gasteiger partial charge in [-0.25, -0.2) is 4.79 Å². The predicted octanol–water partition coefficient (Wildman–Crippen LogP) is 7.08. The van der Waals surface area contributed by atoms with E-state index < -0.39 is 6.10 Å². The van der Waals surface area contributed by atoms with E-state index in [1.54, 1.807) is 19.1 Å². The average Bonchev–Trinajstić information content (AvgIpc) is 3.10. The molecule has 194 valence electrons. The van der Waals surface area contributed by atoms with Crippen LogP contribution in [0.15, 0.2) is 60.7 Å². The topological polar surface area (TPSA) is 69.9 Å². The summed E-state index contributed by atoms with van der Waals surface area (Å²) in [6.45, 7) is 12.6. The number of carbonyl (C=O) groups excluding carboxylic acids is 1. The van der Waals surface area contributed by atoms with Crippen LogP contribution in [-0.2, 0) is 16.1 Å². The SMILES string of the molecule is Cc1ccc(Oc2c(C)n(Cc3ccc(C)c(O[C@@H](C)C(=O)OCC(C)C)c3)c3cc(O)ccc23)cc1. The van der Waals surface area contributed by atoms with Crippen LogP contribution in [0.1, 0.15) is 43.2 Å². The molecule has 1 aromatic heterocycles. The van der Waals surface area contributed by atoms with Gasteiger partial charge in [0.05, 0.1) is 17.8 Å². The van der Waals surface area contributed by atoms with Crippen molar-refractivity contribution in [2.45, 2.75) is 54.2 Å². The Bertz CT molecular complexity index is 1400. The second kappa shape index (κ2) is 11.0. The van der Waals surface area contributed by atoms with Gasteiger partial charge in [0, 0.05) is 18.0 Å². The molecule has 37 heavy (non-hydrogen) atoms. The Morgan fingerprint density at radius 1 is 0.946 bits per heavy atom. The van der Waals surface area contributed by atoms with Crippen molar-refractivity contribution in [1.29, 1.82) is 0 Å². The van der Waals surface area contributed by atoms with Gasteiger partial charge in [0.1, 0.15) is 17.2 Å². The Hall–Kier alpha value is -3.93. The zero-order valence-electron chi connectivity index (χ0n) is 22.4. The van der Waals surface area contributed by atoms with Crippen LogP contribution >= 0.6 is 0 Å². The van der Waals surface area contributed by atoms with Crippen LogP contribution in [0.3, 0.4) is 0 Å². The van der Waals surface area contributed by atoms with Gasteiger partial charge in [-0.3, -0.25) is 0 Å². The molecule has 1 heterocycles. The highest BCUT2D eigenvalue weighted by atomic mass is 16.6. The van der Waals surface area contributed by atoms with Crippen molar-refractivity contribution in [1.82, 2.24) is 4.57 Å². The summed E-state index contributed by atoms with van der Waals surface area (Å²) in [5, 5.41) is 11.2. The van der Waals surface area contributed by atoms with Gasteiger partial charge in [0.2, 0.25) is 0 Å². The highest BCUT2D eigenvalue weighted by Crippen LogP contribution is 2.38. The number of hydrogen-bond donors (Lipinski definition) is 1. The molecule has 0 fully saturated rings. The molecule has 0 aliphatic heterocycles. The summed E-state index contributed by atoms with van der Waals surface area (Å²) >= 11 is 0. The minimum atomic E-state index is -0.715. The lowest BCUT2D eigenvalue weighted by Gasteiger charge is -2.17. The van der Waals surface area contributed by atoms with Gasteiger partial charge in [-0.2, -0.15) is 0 Å². The molecule has 4 aromatic rings. The number of benzene rings is 3. The maximum absolute atomic E-state index is 12.3. The molecule has 0 aliphatic rings. The first-order chi connectivity index (χ1) is 17.6. The first-order valence-corrected chi connectivity index (χ1v) is 12.6. The Labute approximate surface area is 218 Å². The molecule has 0 aliphatic carbocycles. The van der Waals surface area contributed by atoms with Gasteiger partial charge in [-0.1, -0.05) is 43.7 Å². The number of rotatable bonds is 9. The molecule has 6 heteroatoms. The number of aryl methyl sites for hydroxylation is 2. The molecule has 0 radical (unpaired) electrons. The standard InChI is InChI=1S/C31H35NO5/c1-19(2)18-35-31(34)23(6)36-29-15-24(10-9-21(29)4)17-32-22(5)30(27-14-11-25(33)16-28(27)32)37-26-12-7-20(3)8-13-26/h7-16,19,23,33H,17-18H2,1-6H3/t23-/m0/s1. The molecular formula is C31H35NO5. The van der Waals surface area contributed by atoms with Gasteiger partial charge in [0.15, 0.2) is 11.9 Å². The summed E-state index contributed by atoms with van der Waals surface area (Å²) in [5.74, 6) is 2.22. The van der Waals surface area contributed by atoms with Crippen molar-refractivity contribution in [3.63, 3.8) is 0 Å². The second-order valence-corrected chi connectivity index (χ2v) is 10.0. The molecule has 4 rings (SSSR count). The van der Waals surface area contributed by atoms with Gasteiger partial charge in [-0.15, -0.1) is 0 Å². The fourth-order valence-corrected chi connectivity index (χ4v) is 4.15. The van der Waals surface area contributed by atoms with Gasteiger partial charge >= 0.3 is 5.97 Å². The Morgan fingerprint density at radius 2 is 1.68 bits per heavy atom. The highest BCUT2D eigenvalue weighted by Gasteiger charge is 2.20. The van der Waals surface area contributed by atoms with E-state index in [0.717, 1.165) is 44.8 Å². The minimum Gasteiger partial charge on any atom is -0.508 e. The monoisotopic (exact) mass is 501 g/mol. The van der Waals surface area contributed by atoms with Crippen LogP contribution in [0.2, 0.25) is 0 Å². The molecule has 1 atom stereocenters. The van der Waals surface area contributed by atoms with Crippen molar-refractivity contribution in [3.05, 3.63) is 83.0 Å². The van der Waals surface area contributed by atoms with Crippen molar-refractivity contribution >= 4 is 16.9 Å². The fourth-order valence-electron chi connectivity index (χ4n) is 4.15. The number of ether oxygens (including phenoxy) is 3. The number of phenolic OH excluding ortho intramolecular Hbond substituents is 1. The average molecular weight is 502 g/mol. The number of phenols is 1. The number of aromatic hydroxyl groups is 1. The Morgan fingerprint density at radius 3 is 2.38 bits per heavy atom. The third kappa shape index (κ3) is 6.08. The molecule has 0 saturated carbocycles. The normalized spacial score (nSPS) is 12.1. The third-order valence-electron chi connectivity index (χ3n) is 6.28. The summed E-state index contributed by atoms with van der Waals surface area (Å²) in [6, 6.07) is 19.2. The van der Waals surface area contributed by atoms with Crippen LogP contribution in [0.5, 0.6) is 23.0 Å².